The standard InChI is InChI=1S/C14H11ClFNO3S/c15-12-6-1-2-7-13(12)17-14(18)9-21(19,20)11-5-3-4-10(16)8-11/h1-8H,9H2,(H,17,18). The molecule has 0 saturated heterocycles. The average molecular weight is 328 g/mol. The highest BCUT2D eigenvalue weighted by atomic mass is 35.5. The third-order valence-corrected chi connectivity index (χ3v) is 4.57. The molecule has 0 saturated carbocycles. The summed E-state index contributed by atoms with van der Waals surface area (Å²) in [5, 5.41) is 2.71. The van der Waals surface area contributed by atoms with Crippen LogP contribution in [0.1, 0.15) is 0 Å². The topological polar surface area (TPSA) is 63.2 Å². The lowest BCUT2D eigenvalue weighted by molar-refractivity contribution is -0.113. The first-order valence-corrected chi connectivity index (χ1v) is 7.94. The molecule has 2 aromatic rings. The van der Waals surface area contributed by atoms with Crippen LogP contribution in [0, 0.1) is 5.82 Å². The number of anilines is 1. The predicted octanol–water partition coefficient (Wildman–Crippen LogP) is 2.89. The molecule has 1 amide bonds. The molecule has 0 unspecified atom stereocenters. The van der Waals surface area contributed by atoms with E-state index < -0.39 is 27.3 Å². The van der Waals surface area contributed by atoms with E-state index in [0.717, 1.165) is 12.1 Å². The number of benzene rings is 2. The summed E-state index contributed by atoms with van der Waals surface area (Å²) in [6.07, 6.45) is 0. The SMILES string of the molecule is O=C(CS(=O)(=O)c1cccc(F)c1)Nc1ccccc1Cl. The van der Waals surface area contributed by atoms with Crippen LogP contribution in [0.5, 0.6) is 0 Å². The van der Waals surface area contributed by atoms with E-state index >= 15 is 0 Å². The van der Waals surface area contributed by atoms with Gasteiger partial charge >= 0.3 is 0 Å². The van der Waals surface area contributed by atoms with Gasteiger partial charge in [0.1, 0.15) is 11.6 Å². The Morgan fingerprint density at radius 2 is 1.86 bits per heavy atom. The zero-order valence-corrected chi connectivity index (χ0v) is 12.3. The number of halogens is 2. The van der Waals surface area contributed by atoms with Crippen molar-refractivity contribution in [2.45, 2.75) is 4.90 Å². The lowest BCUT2D eigenvalue weighted by atomic mass is 10.3. The molecule has 2 aromatic carbocycles. The maximum absolute atomic E-state index is 13.1. The minimum Gasteiger partial charge on any atom is -0.324 e. The zero-order chi connectivity index (χ0) is 15.5. The van der Waals surface area contributed by atoms with Crippen molar-refractivity contribution in [2.24, 2.45) is 0 Å². The molecular formula is C14H11ClFNO3S. The molecule has 0 aliphatic rings. The Morgan fingerprint density at radius 1 is 1.14 bits per heavy atom. The summed E-state index contributed by atoms with van der Waals surface area (Å²) in [6, 6.07) is 11.0. The highest BCUT2D eigenvalue weighted by Crippen LogP contribution is 2.21. The van der Waals surface area contributed by atoms with Gasteiger partial charge in [0.05, 0.1) is 15.6 Å². The molecule has 1 N–H and O–H groups in total. The molecule has 4 nitrogen and oxygen atoms in total. The summed E-state index contributed by atoms with van der Waals surface area (Å²) in [5.41, 5.74) is 0.318. The Morgan fingerprint density at radius 3 is 2.52 bits per heavy atom. The zero-order valence-electron chi connectivity index (χ0n) is 10.7. The van der Waals surface area contributed by atoms with Gasteiger partial charge in [0, 0.05) is 0 Å². The molecule has 0 aromatic heterocycles. The van der Waals surface area contributed by atoms with Crippen molar-refractivity contribution in [3.8, 4) is 0 Å². The van der Waals surface area contributed by atoms with Crippen molar-refractivity contribution < 1.29 is 17.6 Å². The van der Waals surface area contributed by atoms with Gasteiger partial charge in [0.2, 0.25) is 5.91 Å². The second-order valence-corrected chi connectivity index (χ2v) is 6.64. The average Bonchev–Trinajstić information content (AvgIpc) is 2.41. The summed E-state index contributed by atoms with van der Waals surface area (Å²) >= 11 is 5.86. The van der Waals surface area contributed by atoms with Gasteiger partial charge < -0.3 is 5.32 Å². The lowest BCUT2D eigenvalue weighted by Crippen LogP contribution is -2.23. The van der Waals surface area contributed by atoms with Gasteiger partial charge in [-0.25, -0.2) is 12.8 Å². The fraction of sp³-hybridized carbons (Fsp3) is 0.0714. The van der Waals surface area contributed by atoms with Crippen LogP contribution in [-0.4, -0.2) is 20.1 Å². The summed E-state index contributed by atoms with van der Waals surface area (Å²) in [5.74, 6) is -2.21. The largest absolute Gasteiger partial charge is 0.324 e. The summed E-state index contributed by atoms with van der Waals surface area (Å²) in [6.45, 7) is 0. The van der Waals surface area contributed by atoms with E-state index in [-0.39, 0.29) is 4.90 Å². The van der Waals surface area contributed by atoms with E-state index in [1.807, 2.05) is 0 Å². The second kappa shape index (κ2) is 6.24. The van der Waals surface area contributed by atoms with Crippen LogP contribution in [-0.2, 0) is 14.6 Å². The Kier molecular flexibility index (Phi) is 4.59. The van der Waals surface area contributed by atoms with Crippen LogP contribution in [0.25, 0.3) is 0 Å². The highest BCUT2D eigenvalue weighted by molar-refractivity contribution is 7.92. The highest BCUT2D eigenvalue weighted by Gasteiger charge is 2.20. The third-order valence-electron chi connectivity index (χ3n) is 2.62. The van der Waals surface area contributed by atoms with Crippen LogP contribution in [0.2, 0.25) is 5.02 Å². The van der Waals surface area contributed by atoms with E-state index in [4.69, 9.17) is 11.6 Å². The minimum absolute atomic E-state index is 0.239. The summed E-state index contributed by atoms with van der Waals surface area (Å²) < 4.78 is 37.1. The van der Waals surface area contributed by atoms with Crippen molar-refractivity contribution in [3.05, 3.63) is 59.4 Å². The van der Waals surface area contributed by atoms with E-state index in [9.17, 15) is 17.6 Å². The number of hydrogen-bond acceptors (Lipinski definition) is 3. The summed E-state index contributed by atoms with van der Waals surface area (Å²) in [7, 11) is -3.91. The first-order valence-electron chi connectivity index (χ1n) is 5.91. The molecule has 0 aliphatic heterocycles. The first kappa shape index (κ1) is 15.5. The van der Waals surface area contributed by atoms with Crippen LogP contribution < -0.4 is 5.32 Å². The molecule has 7 heteroatoms. The fourth-order valence-electron chi connectivity index (χ4n) is 1.67. The maximum Gasteiger partial charge on any atom is 0.240 e. The molecule has 0 aliphatic carbocycles. The lowest BCUT2D eigenvalue weighted by Gasteiger charge is -2.08. The van der Waals surface area contributed by atoms with Crippen LogP contribution >= 0.6 is 11.6 Å². The smallest absolute Gasteiger partial charge is 0.240 e. The molecule has 0 spiro atoms. The molecule has 0 atom stereocenters. The Hall–Kier alpha value is -1.92. The molecule has 0 fully saturated rings. The minimum atomic E-state index is -3.91. The van der Waals surface area contributed by atoms with Crippen molar-refractivity contribution in [2.75, 3.05) is 11.1 Å². The number of nitrogens with one attached hydrogen (secondary N) is 1. The van der Waals surface area contributed by atoms with Gasteiger partial charge in [-0.3, -0.25) is 4.79 Å². The quantitative estimate of drug-likeness (QED) is 0.939. The summed E-state index contributed by atoms with van der Waals surface area (Å²) in [4.78, 5) is 11.6. The predicted molar refractivity (Wildman–Crippen MR) is 78.5 cm³/mol. The monoisotopic (exact) mass is 327 g/mol. The van der Waals surface area contributed by atoms with Gasteiger partial charge in [-0.2, -0.15) is 0 Å². The number of para-hydroxylation sites is 1. The Labute approximate surface area is 126 Å². The van der Waals surface area contributed by atoms with Crippen molar-refractivity contribution >= 4 is 33.0 Å². The number of carbonyl (C=O) groups is 1. The van der Waals surface area contributed by atoms with Crippen molar-refractivity contribution in [1.82, 2.24) is 0 Å². The fourth-order valence-corrected chi connectivity index (χ4v) is 3.01. The molecule has 2 rings (SSSR count). The number of carbonyl (C=O) groups excluding carboxylic acids is 1. The molecular weight excluding hydrogens is 317 g/mol. The Balaban J connectivity index is 2.14. The van der Waals surface area contributed by atoms with Gasteiger partial charge in [0.15, 0.2) is 9.84 Å². The number of rotatable bonds is 4. The molecule has 0 heterocycles. The van der Waals surface area contributed by atoms with E-state index in [1.54, 1.807) is 24.3 Å². The normalized spacial score (nSPS) is 11.1. The maximum atomic E-state index is 13.1. The van der Waals surface area contributed by atoms with Gasteiger partial charge in [-0.1, -0.05) is 29.8 Å². The number of sulfone groups is 1. The van der Waals surface area contributed by atoms with Crippen molar-refractivity contribution in [3.63, 3.8) is 0 Å². The van der Waals surface area contributed by atoms with E-state index in [0.29, 0.717) is 10.7 Å². The molecule has 0 radical (unpaired) electrons. The van der Waals surface area contributed by atoms with E-state index in [1.165, 1.54) is 12.1 Å². The second-order valence-electron chi connectivity index (χ2n) is 4.24. The Bertz CT molecular complexity index is 777. The van der Waals surface area contributed by atoms with Crippen molar-refractivity contribution in [1.29, 1.82) is 0 Å². The van der Waals surface area contributed by atoms with Gasteiger partial charge in [0.25, 0.3) is 0 Å². The van der Waals surface area contributed by atoms with E-state index in [2.05, 4.69) is 5.32 Å². The number of amides is 1. The van der Waals surface area contributed by atoms with Crippen LogP contribution in [0.3, 0.4) is 0 Å². The van der Waals surface area contributed by atoms with Gasteiger partial charge in [-0.15, -0.1) is 0 Å². The molecule has 0 bridgehead atoms. The first-order chi connectivity index (χ1) is 9.88. The molecule has 21 heavy (non-hydrogen) atoms. The van der Waals surface area contributed by atoms with Crippen LogP contribution in [0.4, 0.5) is 10.1 Å². The van der Waals surface area contributed by atoms with Gasteiger partial charge in [-0.05, 0) is 30.3 Å². The number of hydrogen-bond donors (Lipinski definition) is 1. The molecule has 110 valence electrons. The van der Waals surface area contributed by atoms with Crippen LogP contribution in [0.15, 0.2) is 53.4 Å². The third kappa shape index (κ3) is 4.03.